The highest BCUT2D eigenvalue weighted by Crippen LogP contribution is 2.44. The van der Waals surface area contributed by atoms with Crippen molar-refractivity contribution in [2.24, 2.45) is 11.8 Å². The smallest absolute Gasteiger partial charge is 0.407 e. The molecule has 1 aliphatic rings. The first-order chi connectivity index (χ1) is 18.7. The number of rotatable bonds is 10. The highest BCUT2D eigenvalue weighted by Gasteiger charge is 2.33. The van der Waals surface area contributed by atoms with Crippen molar-refractivity contribution < 1.29 is 19.1 Å². The van der Waals surface area contributed by atoms with Gasteiger partial charge in [-0.2, -0.15) is 0 Å². The van der Waals surface area contributed by atoms with E-state index in [0.29, 0.717) is 12.0 Å². The van der Waals surface area contributed by atoms with Crippen LogP contribution in [0.5, 0.6) is 0 Å². The van der Waals surface area contributed by atoms with Crippen LogP contribution in [0, 0.1) is 18.8 Å². The maximum atomic E-state index is 13.4. The fraction of sp³-hybridized carbons (Fsp3) is 0.364. The van der Waals surface area contributed by atoms with Gasteiger partial charge in [-0.15, -0.1) is 0 Å². The van der Waals surface area contributed by atoms with Crippen LogP contribution < -0.4 is 10.6 Å². The average molecular weight is 527 g/mol. The number of hydrogen-bond donors (Lipinski definition) is 2. The van der Waals surface area contributed by atoms with Crippen molar-refractivity contribution in [2.75, 3.05) is 6.61 Å². The zero-order valence-corrected chi connectivity index (χ0v) is 23.4. The van der Waals surface area contributed by atoms with Crippen molar-refractivity contribution in [3.05, 3.63) is 95.1 Å². The highest BCUT2D eigenvalue weighted by atomic mass is 16.5. The lowest BCUT2D eigenvalue weighted by molar-refractivity contribution is -0.124. The van der Waals surface area contributed by atoms with Gasteiger partial charge in [0.1, 0.15) is 12.6 Å². The molecular formula is C33H38N2O4. The highest BCUT2D eigenvalue weighted by molar-refractivity contribution is 6.02. The summed E-state index contributed by atoms with van der Waals surface area (Å²) in [6.07, 6.45) is 0.0602. The fourth-order valence-electron chi connectivity index (χ4n) is 5.14. The first kappa shape index (κ1) is 28.1. The van der Waals surface area contributed by atoms with Crippen LogP contribution in [0.2, 0.25) is 0 Å². The van der Waals surface area contributed by atoms with Crippen LogP contribution in [-0.2, 0) is 9.53 Å². The number of ketones is 1. The van der Waals surface area contributed by atoms with E-state index in [1.165, 1.54) is 0 Å². The number of carbonyl (C=O) groups excluding carboxylic acids is 3. The second kappa shape index (κ2) is 12.3. The number of amides is 2. The molecule has 0 aromatic heterocycles. The van der Waals surface area contributed by atoms with Crippen LogP contribution in [0.15, 0.2) is 72.8 Å². The number of nitrogens with one attached hydrogen (secondary N) is 2. The van der Waals surface area contributed by atoms with Gasteiger partial charge in [-0.1, -0.05) is 112 Å². The lowest BCUT2D eigenvalue weighted by Crippen LogP contribution is -2.55. The summed E-state index contributed by atoms with van der Waals surface area (Å²) in [7, 11) is 0. The molecule has 0 saturated heterocycles. The molecule has 2 amide bonds. The van der Waals surface area contributed by atoms with Crippen molar-refractivity contribution in [3.8, 4) is 11.1 Å². The van der Waals surface area contributed by atoms with Crippen LogP contribution in [0.3, 0.4) is 0 Å². The van der Waals surface area contributed by atoms with Gasteiger partial charge >= 0.3 is 6.09 Å². The van der Waals surface area contributed by atoms with E-state index < -0.39 is 24.1 Å². The van der Waals surface area contributed by atoms with Crippen molar-refractivity contribution in [1.82, 2.24) is 10.6 Å². The SMILES string of the molecule is CC[C@H](C)[C@H](NC(=O)[C@@H](NC(=O)OCC1c2ccccc2-c2ccccc21)C(C)C)C(=O)c1ccc(C)cc1. The van der Waals surface area contributed by atoms with Crippen molar-refractivity contribution in [1.29, 1.82) is 0 Å². The predicted octanol–water partition coefficient (Wildman–Crippen LogP) is 6.27. The number of hydrogen-bond acceptors (Lipinski definition) is 4. The molecule has 3 aromatic carbocycles. The quantitative estimate of drug-likeness (QED) is 0.305. The predicted molar refractivity (Wildman–Crippen MR) is 154 cm³/mol. The summed E-state index contributed by atoms with van der Waals surface area (Å²) in [5.41, 5.74) is 6.15. The van der Waals surface area contributed by atoms with E-state index in [4.69, 9.17) is 4.74 Å². The molecule has 1 aliphatic carbocycles. The van der Waals surface area contributed by atoms with Crippen molar-refractivity contribution in [3.63, 3.8) is 0 Å². The minimum absolute atomic E-state index is 0.0728. The number of carbonyl (C=O) groups is 3. The lowest BCUT2D eigenvalue weighted by Gasteiger charge is -2.28. The van der Waals surface area contributed by atoms with Gasteiger partial charge in [0.2, 0.25) is 5.91 Å². The number of aryl methyl sites for hydroxylation is 1. The van der Waals surface area contributed by atoms with Gasteiger partial charge in [-0.25, -0.2) is 4.79 Å². The molecule has 0 aliphatic heterocycles. The van der Waals surface area contributed by atoms with Crippen LogP contribution in [0.25, 0.3) is 11.1 Å². The Hall–Kier alpha value is -3.93. The Morgan fingerprint density at radius 3 is 1.90 bits per heavy atom. The third-order valence-corrected chi connectivity index (χ3v) is 7.70. The van der Waals surface area contributed by atoms with Gasteiger partial charge in [0.25, 0.3) is 0 Å². The first-order valence-electron chi connectivity index (χ1n) is 13.7. The molecule has 3 aromatic rings. The minimum atomic E-state index is -0.849. The molecule has 0 unspecified atom stereocenters. The Labute approximate surface area is 231 Å². The van der Waals surface area contributed by atoms with Gasteiger partial charge in [0.05, 0.1) is 6.04 Å². The standard InChI is InChI=1S/C33H38N2O4/c1-6-22(5)30(31(36)23-17-15-21(4)16-18-23)34-32(37)29(20(2)3)35-33(38)39-19-28-26-13-9-7-11-24(26)25-12-8-10-14-27(25)28/h7-18,20,22,28-30H,6,19H2,1-5H3,(H,34,37)(H,35,38)/t22-,29-,30-/m0/s1. The zero-order valence-electron chi connectivity index (χ0n) is 23.4. The molecule has 6 heteroatoms. The van der Waals surface area contributed by atoms with Crippen molar-refractivity contribution >= 4 is 17.8 Å². The maximum absolute atomic E-state index is 13.4. The number of fused-ring (bicyclic) bond motifs is 3. The topological polar surface area (TPSA) is 84.5 Å². The van der Waals surface area contributed by atoms with E-state index in [1.54, 1.807) is 12.1 Å². The number of benzene rings is 3. The molecule has 0 heterocycles. The van der Waals surface area contributed by atoms with Gasteiger partial charge in [0, 0.05) is 11.5 Å². The van der Waals surface area contributed by atoms with Gasteiger partial charge in [-0.05, 0) is 41.0 Å². The molecule has 39 heavy (non-hydrogen) atoms. The number of Topliss-reactive ketones (excluding diaryl/α,β-unsaturated/α-hetero) is 1. The van der Waals surface area contributed by atoms with Crippen molar-refractivity contribution in [2.45, 2.75) is 59.0 Å². The van der Waals surface area contributed by atoms with E-state index in [0.717, 1.165) is 27.8 Å². The summed E-state index contributed by atoms with van der Waals surface area (Å²) in [6, 6.07) is 22.1. The Bertz CT molecular complexity index is 1290. The van der Waals surface area contributed by atoms with Crippen LogP contribution >= 0.6 is 0 Å². The van der Waals surface area contributed by atoms with Gasteiger partial charge in [0.15, 0.2) is 5.78 Å². The zero-order chi connectivity index (χ0) is 28.1. The Morgan fingerprint density at radius 2 is 1.36 bits per heavy atom. The summed E-state index contributed by atoms with van der Waals surface area (Å²) >= 11 is 0. The monoisotopic (exact) mass is 526 g/mol. The molecule has 0 bridgehead atoms. The van der Waals surface area contributed by atoms with E-state index in [-0.39, 0.29) is 30.1 Å². The maximum Gasteiger partial charge on any atom is 0.407 e. The molecule has 0 radical (unpaired) electrons. The van der Waals surface area contributed by atoms with Gasteiger partial charge < -0.3 is 15.4 Å². The molecule has 0 fully saturated rings. The number of ether oxygens (including phenoxy) is 1. The normalized spacial score (nSPS) is 14.6. The molecule has 204 valence electrons. The molecule has 6 nitrogen and oxygen atoms in total. The van der Waals surface area contributed by atoms with E-state index in [1.807, 2.05) is 71.0 Å². The van der Waals surface area contributed by atoms with E-state index in [2.05, 4.69) is 34.9 Å². The average Bonchev–Trinajstić information content (AvgIpc) is 3.26. The molecule has 0 spiro atoms. The van der Waals surface area contributed by atoms with Crippen LogP contribution in [-0.4, -0.2) is 36.5 Å². The molecule has 2 N–H and O–H groups in total. The minimum Gasteiger partial charge on any atom is -0.449 e. The fourth-order valence-corrected chi connectivity index (χ4v) is 5.14. The Kier molecular flexibility index (Phi) is 8.85. The summed E-state index contributed by atoms with van der Waals surface area (Å²) in [5, 5.41) is 5.68. The summed E-state index contributed by atoms with van der Waals surface area (Å²) in [4.78, 5) is 39.7. The third kappa shape index (κ3) is 6.22. The Balaban J connectivity index is 1.43. The second-order valence-electron chi connectivity index (χ2n) is 10.8. The third-order valence-electron chi connectivity index (χ3n) is 7.70. The molecule has 4 rings (SSSR count). The summed E-state index contributed by atoms with van der Waals surface area (Å²) in [6.45, 7) is 9.77. The number of alkyl carbamates (subject to hydrolysis) is 1. The molecule has 3 atom stereocenters. The van der Waals surface area contributed by atoms with E-state index in [9.17, 15) is 14.4 Å². The van der Waals surface area contributed by atoms with E-state index >= 15 is 0 Å². The van der Waals surface area contributed by atoms with Gasteiger partial charge in [-0.3, -0.25) is 9.59 Å². The second-order valence-corrected chi connectivity index (χ2v) is 10.8. The first-order valence-corrected chi connectivity index (χ1v) is 13.7. The lowest BCUT2D eigenvalue weighted by atomic mass is 9.90. The Morgan fingerprint density at radius 1 is 0.795 bits per heavy atom. The molecule has 0 saturated carbocycles. The summed E-state index contributed by atoms with van der Waals surface area (Å²) in [5.74, 6) is -0.899. The molecular weight excluding hydrogens is 488 g/mol. The van der Waals surface area contributed by atoms with Crippen LogP contribution in [0.4, 0.5) is 4.79 Å². The van der Waals surface area contributed by atoms with Crippen LogP contribution in [0.1, 0.15) is 67.1 Å². The largest absolute Gasteiger partial charge is 0.449 e. The summed E-state index contributed by atoms with van der Waals surface area (Å²) < 4.78 is 5.68.